The van der Waals surface area contributed by atoms with Crippen LogP contribution in [0.1, 0.15) is 30.1 Å². The van der Waals surface area contributed by atoms with E-state index in [-0.39, 0.29) is 29.8 Å². The number of amides is 1. The van der Waals surface area contributed by atoms with Crippen LogP contribution in [0.5, 0.6) is 5.75 Å². The third-order valence-corrected chi connectivity index (χ3v) is 9.03. The van der Waals surface area contributed by atoms with E-state index in [1.54, 1.807) is 31.2 Å². The van der Waals surface area contributed by atoms with Gasteiger partial charge in [-0.15, -0.1) is 0 Å². The summed E-state index contributed by atoms with van der Waals surface area (Å²) in [6.45, 7) is 2.55. The Kier molecular flexibility index (Phi) is 7.39. The molecule has 0 atom stereocenters. The summed E-state index contributed by atoms with van der Waals surface area (Å²) in [4.78, 5) is 30.0. The van der Waals surface area contributed by atoms with Gasteiger partial charge in [-0.1, -0.05) is 11.3 Å². The molecular formula is C24H27N3O6S2. The first kappa shape index (κ1) is 25.1. The highest BCUT2D eigenvalue weighted by molar-refractivity contribution is 7.89. The summed E-state index contributed by atoms with van der Waals surface area (Å²) < 4.78 is 40.1. The summed E-state index contributed by atoms with van der Waals surface area (Å²) in [6, 6.07) is 11.5. The van der Waals surface area contributed by atoms with Crippen LogP contribution >= 0.6 is 11.3 Å². The number of methoxy groups -OCH3 is 1. The van der Waals surface area contributed by atoms with Gasteiger partial charge in [-0.05, 0) is 62.2 Å². The van der Waals surface area contributed by atoms with Crippen LogP contribution in [-0.2, 0) is 26.6 Å². The molecule has 1 aliphatic heterocycles. The van der Waals surface area contributed by atoms with Crippen molar-refractivity contribution in [2.75, 3.05) is 26.8 Å². The van der Waals surface area contributed by atoms with Crippen molar-refractivity contribution in [3.05, 3.63) is 52.8 Å². The molecule has 1 saturated heterocycles. The van der Waals surface area contributed by atoms with Gasteiger partial charge in [0.1, 0.15) is 5.75 Å². The minimum atomic E-state index is -3.64. The molecule has 0 spiro atoms. The molecule has 0 unspecified atom stereocenters. The van der Waals surface area contributed by atoms with E-state index in [9.17, 15) is 18.0 Å². The van der Waals surface area contributed by atoms with Crippen LogP contribution in [0.2, 0.25) is 0 Å². The molecule has 2 aromatic carbocycles. The number of benzene rings is 2. The van der Waals surface area contributed by atoms with E-state index in [4.69, 9.17) is 9.47 Å². The number of fused-ring (bicyclic) bond motifs is 1. The number of hydrogen-bond donors (Lipinski definition) is 0. The van der Waals surface area contributed by atoms with E-state index in [1.165, 1.54) is 34.9 Å². The standard InChI is InChI=1S/C24H27N3O6S2/c1-4-33-23(29)17-5-10-20-21(15-17)34-24(26(20)2)25-22(28)16-11-13-27(14-12-16)35(30,31)19-8-6-18(32-3)7-9-19/h5-10,15-16H,4,11-14H2,1-3H3. The fourth-order valence-electron chi connectivity index (χ4n) is 4.01. The Morgan fingerprint density at radius 1 is 1.11 bits per heavy atom. The van der Waals surface area contributed by atoms with Crippen LogP contribution in [0.3, 0.4) is 0 Å². The van der Waals surface area contributed by atoms with Crippen molar-refractivity contribution in [2.24, 2.45) is 18.0 Å². The van der Waals surface area contributed by atoms with Crippen LogP contribution in [0.15, 0.2) is 52.4 Å². The summed E-state index contributed by atoms with van der Waals surface area (Å²) in [5.41, 5.74) is 1.31. The van der Waals surface area contributed by atoms with Gasteiger partial charge in [-0.25, -0.2) is 13.2 Å². The van der Waals surface area contributed by atoms with Gasteiger partial charge < -0.3 is 14.0 Å². The van der Waals surface area contributed by atoms with Crippen LogP contribution in [0.25, 0.3) is 10.2 Å². The normalized spacial score (nSPS) is 15.9. The van der Waals surface area contributed by atoms with E-state index >= 15 is 0 Å². The molecule has 1 aliphatic rings. The van der Waals surface area contributed by atoms with E-state index in [0.29, 0.717) is 35.6 Å². The second-order valence-electron chi connectivity index (χ2n) is 8.15. The maximum atomic E-state index is 13.0. The van der Waals surface area contributed by atoms with Crippen molar-refractivity contribution < 1.29 is 27.5 Å². The van der Waals surface area contributed by atoms with Crippen LogP contribution < -0.4 is 9.54 Å². The van der Waals surface area contributed by atoms with Crippen molar-refractivity contribution in [3.63, 3.8) is 0 Å². The SMILES string of the molecule is CCOC(=O)c1ccc2c(c1)sc(=NC(=O)C1CCN(S(=O)(=O)c3ccc(OC)cc3)CC1)n2C. The molecule has 11 heteroatoms. The first-order valence-electron chi connectivity index (χ1n) is 11.2. The van der Waals surface area contributed by atoms with Gasteiger partial charge in [0.15, 0.2) is 4.80 Å². The zero-order valence-electron chi connectivity index (χ0n) is 19.8. The Morgan fingerprint density at radius 3 is 2.43 bits per heavy atom. The van der Waals surface area contributed by atoms with Crippen molar-refractivity contribution >= 4 is 43.5 Å². The highest BCUT2D eigenvalue weighted by Gasteiger charge is 2.32. The number of thiazole rings is 1. The molecule has 3 aromatic rings. The Bertz CT molecular complexity index is 1420. The lowest BCUT2D eigenvalue weighted by molar-refractivity contribution is -0.122. The Hall–Kier alpha value is -3.02. The van der Waals surface area contributed by atoms with Crippen LogP contribution in [0.4, 0.5) is 0 Å². The number of piperidine rings is 1. The lowest BCUT2D eigenvalue weighted by Crippen LogP contribution is -2.40. The second kappa shape index (κ2) is 10.3. The summed E-state index contributed by atoms with van der Waals surface area (Å²) >= 11 is 1.32. The molecule has 4 rings (SSSR count). The molecule has 1 fully saturated rings. The first-order chi connectivity index (χ1) is 16.7. The number of hydrogen-bond acceptors (Lipinski definition) is 7. The molecule has 186 valence electrons. The summed E-state index contributed by atoms with van der Waals surface area (Å²) in [5, 5.41) is 0. The summed E-state index contributed by atoms with van der Waals surface area (Å²) in [5.74, 6) is -0.422. The van der Waals surface area contributed by atoms with Gasteiger partial charge in [0.2, 0.25) is 10.0 Å². The van der Waals surface area contributed by atoms with Crippen molar-refractivity contribution in [3.8, 4) is 5.75 Å². The maximum absolute atomic E-state index is 13.0. The molecule has 35 heavy (non-hydrogen) atoms. The zero-order valence-corrected chi connectivity index (χ0v) is 21.4. The predicted octanol–water partition coefficient (Wildman–Crippen LogP) is 2.95. The first-order valence-corrected chi connectivity index (χ1v) is 13.5. The predicted molar refractivity (Wildman–Crippen MR) is 132 cm³/mol. The Balaban J connectivity index is 1.47. The molecule has 0 saturated carbocycles. The van der Waals surface area contributed by atoms with Gasteiger partial charge >= 0.3 is 5.97 Å². The van der Waals surface area contributed by atoms with E-state index in [0.717, 1.165) is 10.2 Å². The molecule has 9 nitrogen and oxygen atoms in total. The van der Waals surface area contributed by atoms with Gasteiger partial charge in [0.25, 0.3) is 5.91 Å². The molecule has 0 bridgehead atoms. The van der Waals surface area contributed by atoms with E-state index in [1.807, 2.05) is 17.7 Å². The number of rotatable bonds is 6. The fourth-order valence-corrected chi connectivity index (χ4v) is 6.54. The lowest BCUT2D eigenvalue weighted by Gasteiger charge is -2.29. The molecule has 1 amide bonds. The van der Waals surface area contributed by atoms with Crippen molar-refractivity contribution in [2.45, 2.75) is 24.7 Å². The minimum Gasteiger partial charge on any atom is -0.497 e. The van der Waals surface area contributed by atoms with Gasteiger partial charge in [0.05, 0.1) is 34.4 Å². The number of carbonyl (C=O) groups excluding carboxylic acids is 2. The monoisotopic (exact) mass is 517 g/mol. The average Bonchev–Trinajstić information content (AvgIpc) is 3.18. The smallest absolute Gasteiger partial charge is 0.338 e. The second-order valence-corrected chi connectivity index (χ2v) is 11.1. The van der Waals surface area contributed by atoms with Gasteiger partial charge in [0, 0.05) is 26.1 Å². The van der Waals surface area contributed by atoms with Gasteiger partial charge in [-0.2, -0.15) is 9.30 Å². The third-order valence-electron chi connectivity index (χ3n) is 6.03. The quantitative estimate of drug-likeness (QED) is 0.466. The number of ether oxygens (including phenoxy) is 2. The zero-order chi connectivity index (χ0) is 25.2. The number of nitrogens with zero attached hydrogens (tertiary/aromatic N) is 3. The highest BCUT2D eigenvalue weighted by atomic mass is 32.2. The third kappa shape index (κ3) is 5.16. The number of sulfonamides is 1. The topological polar surface area (TPSA) is 107 Å². The molecular weight excluding hydrogens is 490 g/mol. The molecule has 2 heterocycles. The largest absolute Gasteiger partial charge is 0.497 e. The Labute approximate surface area is 207 Å². The van der Waals surface area contributed by atoms with Crippen molar-refractivity contribution in [1.29, 1.82) is 0 Å². The minimum absolute atomic E-state index is 0.201. The summed E-state index contributed by atoms with van der Waals surface area (Å²) in [6.07, 6.45) is 0.804. The number of aryl methyl sites for hydroxylation is 1. The van der Waals surface area contributed by atoms with Crippen LogP contribution in [0, 0.1) is 5.92 Å². The molecule has 0 radical (unpaired) electrons. The van der Waals surface area contributed by atoms with Gasteiger partial charge in [-0.3, -0.25) is 4.79 Å². The Morgan fingerprint density at radius 2 is 1.80 bits per heavy atom. The van der Waals surface area contributed by atoms with Crippen molar-refractivity contribution in [1.82, 2.24) is 8.87 Å². The van der Waals surface area contributed by atoms with E-state index in [2.05, 4.69) is 4.99 Å². The maximum Gasteiger partial charge on any atom is 0.338 e. The average molecular weight is 518 g/mol. The summed E-state index contributed by atoms with van der Waals surface area (Å²) in [7, 11) is -0.296. The number of carbonyl (C=O) groups is 2. The van der Waals surface area contributed by atoms with Crippen LogP contribution in [-0.4, -0.2) is 56.0 Å². The number of esters is 1. The molecule has 1 aromatic heterocycles. The lowest BCUT2D eigenvalue weighted by atomic mass is 9.98. The number of aromatic nitrogens is 1. The molecule has 0 N–H and O–H groups in total. The fraction of sp³-hybridized carbons (Fsp3) is 0.375. The van der Waals surface area contributed by atoms with E-state index < -0.39 is 16.0 Å². The molecule has 0 aliphatic carbocycles. The highest BCUT2D eigenvalue weighted by Crippen LogP contribution is 2.26.